The van der Waals surface area contributed by atoms with Gasteiger partial charge in [-0.05, 0) is 37.5 Å². The highest BCUT2D eigenvalue weighted by atomic mass is 16.5. The summed E-state index contributed by atoms with van der Waals surface area (Å²) in [6.45, 7) is 3.18. The van der Waals surface area contributed by atoms with E-state index in [9.17, 15) is 10.2 Å². The first-order valence-electron chi connectivity index (χ1n) is 7.28. The minimum Gasteiger partial charge on any atom is -0.493 e. The van der Waals surface area contributed by atoms with Gasteiger partial charge in [0.15, 0.2) is 11.5 Å². The molecule has 1 aromatic carbocycles. The molecule has 1 heterocycles. The SMILES string of the molecule is COc1cc(C)ccc1OCC(O)CC1(O)CCOCC1. The van der Waals surface area contributed by atoms with Crippen molar-refractivity contribution in [3.05, 3.63) is 23.8 Å². The maximum Gasteiger partial charge on any atom is 0.161 e. The minimum absolute atomic E-state index is 0.128. The third kappa shape index (κ3) is 4.59. The fraction of sp³-hybridized carbons (Fsp3) is 0.625. The molecule has 1 unspecified atom stereocenters. The highest BCUT2D eigenvalue weighted by molar-refractivity contribution is 5.42. The molecule has 1 fully saturated rings. The quantitative estimate of drug-likeness (QED) is 0.836. The first-order valence-corrected chi connectivity index (χ1v) is 7.28. The first-order chi connectivity index (χ1) is 10.0. The number of ether oxygens (including phenoxy) is 3. The van der Waals surface area contributed by atoms with Gasteiger partial charge in [0.05, 0.1) is 18.8 Å². The number of aliphatic hydroxyl groups is 2. The van der Waals surface area contributed by atoms with Gasteiger partial charge in [0, 0.05) is 19.6 Å². The van der Waals surface area contributed by atoms with Crippen LogP contribution in [-0.2, 0) is 4.74 Å². The van der Waals surface area contributed by atoms with Gasteiger partial charge in [-0.15, -0.1) is 0 Å². The predicted octanol–water partition coefficient (Wildman–Crippen LogP) is 1.67. The van der Waals surface area contributed by atoms with Crippen LogP contribution in [0.2, 0.25) is 0 Å². The Labute approximate surface area is 125 Å². The zero-order chi connectivity index (χ0) is 15.3. The molecule has 1 aromatic rings. The van der Waals surface area contributed by atoms with Crippen LogP contribution in [0, 0.1) is 6.92 Å². The third-order valence-electron chi connectivity index (χ3n) is 3.79. The summed E-state index contributed by atoms with van der Waals surface area (Å²) in [7, 11) is 1.59. The average Bonchev–Trinajstić information content (AvgIpc) is 2.46. The summed E-state index contributed by atoms with van der Waals surface area (Å²) in [5.74, 6) is 1.24. The molecule has 1 aliphatic heterocycles. The average molecular weight is 296 g/mol. The van der Waals surface area contributed by atoms with Crippen molar-refractivity contribution in [3.8, 4) is 11.5 Å². The van der Waals surface area contributed by atoms with E-state index in [1.54, 1.807) is 7.11 Å². The topological polar surface area (TPSA) is 68.2 Å². The van der Waals surface area contributed by atoms with E-state index < -0.39 is 11.7 Å². The van der Waals surface area contributed by atoms with Crippen molar-refractivity contribution < 1.29 is 24.4 Å². The minimum atomic E-state index is -0.849. The standard InChI is InChI=1S/C16H24O5/c1-12-3-4-14(15(9-12)19-2)21-11-13(17)10-16(18)5-7-20-8-6-16/h3-4,9,13,17-18H,5-8,10-11H2,1-2H3. The van der Waals surface area contributed by atoms with Gasteiger partial charge in [0.25, 0.3) is 0 Å². The van der Waals surface area contributed by atoms with Crippen LogP contribution < -0.4 is 9.47 Å². The molecule has 1 atom stereocenters. The number of aryl methyl sites for hydroxylation is 1. The van der Waals surface area contributed by atoms with Gasteiger partial charge in [-0.2, -0.15) is 0 Å². The van der Waals surface area contributed by atoms with E-state index in [4.69, 9.17) is 14.2 Å². The smallest absolute Gasteiger partial charge is 0.161 e. The lowest BCUT2D eigenvalue weighted by Gasteiger charge is -2.33. The Bertz CT molecular complexity index is 454. The van der Waals surface area contributed by atoms with Crippen LogP contribution in [0.15, 0.2) is 18.2 Å². The summed E-state index contributed by atoms with van der Waals surface area (Å²) in [5, 5.41) is 20.4. The van der Waals surface area contributed by atoms with E-state index in [2.05, 4.69) is 0 Å². The molecule has 1 saturated heterocycles. The van der Waals surface area contributed by atoms with Crippen molar-refractivity contribution >= 4 is 0 Å². The Morgan fingerprint density at radius 2 is 2.00 bits per heavy atom. The van der Waals surface area contributed by atoms with Crippen LogP contribution in [0.4, 0.5) is 0 Å². The molecule has 0 bridgehead atoms. The molecule has 1 aliphatic rings. The lowest BCUT2D eigenvalue weighted by Crippen LogP contribution is -2.40. The number of hydrogen-bond acceptors (Lipinski definition) is 5. The van der Waals surface area contributed by atoms with E-state index in [0.29, 0.717) is 44.0 Å². The molecular weight excluding hydrogens is 272 g/mol. The Balaban J connectivity index is 1.87. The van der Waals surface area contributed by atoms with Gasteiger partial charge in [-0.3, -0.25) is 0 Å². The van der Waals surface area contributed by atoms with Crippen molar-refractivity contribution in [3.63, 3.8) is 0 Å². The predicted molar refractivity (Wildman–Crippen MR) is 78.9 cm³/mol. The van der Waals surface area contributed by atoms with Crippen LogP contribution in [0.5, 0.6) is 11.5 Å². The lowest BCUT2D eigenvalue weighted by atomic mass is 9.88. The molecule has 0 saturated carbocycles. The Hall–Kier alpha value is -1.30. The molecule has 0 aliphatic carbocycles. The molecule has 21 heavy (non-hydrogen) atoms. The molecule has 2 rings (SSSR count). The molecule has 5 nitrogen and oxygen atoms in total. The summed E-state index contributed by atoms with van der Waals surface area (Å²) in [4.78, 5) is 0. The zero-order valence-corrected chi connectivity index (χ0v) is 12.7. The molecule has 5 heteroatoms. The Morgan fingerprint density at radius 3 is 2.67 bits per heavy atom. The number of benzene rings is 1. The fourth-order valence-corrected chi connectivity index (χ4v) is 2.53. The molecule has 0 amide bonds. The Kier molecular flexibility index (Phi) is 5.45. The second-order valence-electron chi connectivity index (χ2n) is 5.66. The van der Waals surface area contributed by atoms with Crippen LogP contribution in [0.1, 0.15) is 24.8 Å². The van der Waals surface area contributed by atoms with Crippen molar-refractivity contribution in [2.75, 3.05) is 26.9 Å². The van der Waals surface area contributed by atoms with Crippen molar-refractivity contribution in [2.45, 2.75) is 37.9 Å². The van der Waals surface area contributed by atoms with Crippen LogP contribution in [0.3, 0.4) is 0 Å². The highest BCUT2D eigenvalue weighted by Crippen LogP contribution is 2.29. The molecule has 0 spiro atoms. The van der Waals surface area contributed by atoms with Gasteiger partial charge >= 0.3 is 0 Å². The van der Waals surface area contributed by atoms with E-state index in [-0.39, 0.29) is 6.61 Å². The number of hydrogen-bond donors (Lipinski definition) is 2. The number of methoxy groups -OCH3 is 1. The first kappa shape index (κ1) is 16.1. The van der Waals surface area contributed by atoms with E-state index in [0.717, 1.165) is 5.56 Å². The van der Waals surface area contributed by atoms with Crippen molar-refractivity contribution in [2.24, 2.45) is 0 Å². The summed E-state index contributed by atoms with van der Waals surface area (Å²) < 4.78 is 16.1. The molecule has 0 aromatic heterocycles. The molecule has 118 valence electrons. The summed E-state index contributed by atoms with van der Waals surface area (Å²) in [5.41, 5.74) is 0.231. The van der Waals surface area contributed by atoms with Crippen molar-refractivity contribution in [1.29, 1.82) is 0 Å². The fourth-order valence-electron chi connectivity index (χ4n) is 2.53. The zero-order valence-electron chi connectivity index (χ0n) is 12.7. The summed E-state index contributed by atoms with van der Waals surface area (Å²) in [6, 6.07) is 5.63. The number of rotatable bonds is 6. The van der Waals surface area contributed by atoms with E-state index in [1.165, 1.54) is 0 Å². The van der Waals surface area contributed by atoms with E-state index >= 15 is 0 Å². The van der Waals surface area contributed by atoms with Gasteiger partial charge in [0.2, 0.25) is 0 Å². The van der Waals surface area contributed by atoms with Crippen LogP contribution in [-0.4, -0.2) is 48.8 Å². The maximum absolute atomic E-state index is 10.4. The van der Waals surface area contributed by atoms with Gasteiger partial charge in [0.1, 0.15) is 6.61 Å². The monoisotopic (exact) mass is 296 g/mol. The van der Waals surface area contributed by atoms with Crippen LogP contribution in [0.25, 0.3) is 0 Å². The van der Waals surface area contributed by atoms with Gasteiger partial charge in [-0.1, -0.05) is 6.07 Å². The number of aliphatic hydroxyl groups excluding tert-OH is 1. The summed E-state index contributed by atoms with van der Waals surface area (Å²) >= 11 is 0. The maximum atomic E-state index is 10.4. The second kappa shape index (κ2) is 7.11. The molecule has 2 N–H and O–H groups in total. The molecular formula is C16H24O5. The normalized spacial score (nSPS) is 19.0. The second-order valence-corrected chi connectivity index (χ2v) is 5.66. The third-order valence-corrected chi connectivity index (χ3v) is 3.79. The summed E-state index contributed by atoms with van der Waals surface area (Å²) in [6.07, 6.45) is 0.680. The van der Waals surface area contributed by atoms with Crippen molar-refractivity contribution in [1.82, 2.24) is 0 Å². The van der Waals surface area contributed by atoms with Gasteiger partial charge in [-0.25, -0.2) is 0 Å². The Morgan fingerprint density at radius 1 is 1.29 bits per heavy atom. The largest absolute Gasteiger partial charge is 0.493 e. The lowest BCUT2D eigenvalue weighted by molar-refractivity contribution is -0.0907. The van der Waals surface area contributed by atoms with Crippen LogP contribution >= 0.6 is 0 Å². The molecule has 0 radical (unpaired) electrons. The highest BCUT2D eigenvalue weighted by Gasteiger charge is 2.32. The van der Waals surface area contributed by atoms with Gasteiger partial charge < -0.3 is 24.4 Å². The van der Waals surface area contributed by atoms with E-state index in [1.807, 2.05) is 25.1 Å².